The SMILES string of the molecule is COc1ccc(OC)c(NC(=O)CCn2c3ccccc3c3nc4ccccc4nc32)c1. The van der Waals surface area contributed by atoms with Crippen molar-refractivity contribution in [2.24, 2.45) is 0 Å². The van der Waals surface area contributed by atoms with E-state index in [0.29, 0.717) is 23.7 Å². The van der Waals surface area contributed by atoms with Crippen molar-refractivity contribution in [3.63, 3.8) is 0 Å². The van der Waals surface area contributed by atoms with Crippen LogP contribution in [0, 0.1) is 0 Å². The number of para-hydroxylation sites is 3. The second-order valence-corrected chi connectivity index (χ2v) is 7.42. The van der Waals surface area contributed by atoms with E-state index in [1.165, 1.54) is 0 Å². The summed E-state index contributed by atoms with van der Waals surface area (Å²) in [6.07, 6.45) is 0.267. The number of rotatable bonds is 6. The van der Waals surface area contributed by atoms with E-state index in [1.807, 2.05) is 48.5 Å². The molecule has 2 heterocycles. The van der Waals surface area contributed by atoms with E-state index in [1.54, 1.807) is 32.4 Å². The van der Waals surface area contributed by atoms with Gasteiger partial charge in [0.25, 0.3) is 0 Å². The summed E-state index contributed by atoms with van der Waals surface area (Å²) in [5.41, 5.74) is 4.88. The average molecular weight is 426 g/mol. The first kappa shape index (κ1) is 19.8. The smallest absolute Gasteiger partial charge is 0.226 e. The molecule has 5 rings (SSSR count). The Kier molecular flexibility index (Phi) is 5.07. The maximum atomic E-state index is 12.8. The maximum absolute atomic E-state index is 12.8. The van der Waals surface area contributed by atoms with Crippen LogP contribution in [0.3, 0.4) is 0 Å². The van der Waals surface area contributed by atoms with Gasteiger partial charge in [0.2, 0.25) is 5.91 Å². The van der Waals surface area contributed by atoms with E-state index in [2.05, 4.69) is 9.88 Å². The van der Waals surface area contributed by atoms with Crippen LogP contribution in [0.25, 0.3) is 33.1 Å². The summed E-state index contributed by atoms with van der Waals surface area (Å²) in [5.74, 6) is 1.09. The van der Waals surface area contributed by atoms with Crippen molar-refractivity contribution in [2.75, 3.05) is 19.5 Å². The van der Waals surface area contributed by atoms with Gasteiger partial charge >= 0.3 is 0 Å². The van der Waals surface area contributed by atoms with Crippen LogP contribution >= 0.6 is 0 Å². The molecule has 0 saturated heterocycles. The minimum atomic E-state index is -0.128. The summed E-state index contributed by atoms with van der Waals surface area (Å²) in [6.45, 7) is 0.467. The van der Waals surface area contributed by atoms with Gasteiger partial charge in [-0.3, -0.25) is 4.79 Å². The number of nitrogens with zero attached hydrogens (tertiary/aromatic N) is 3. The van der Waals surface area contributed by atoms with Gasteiger partial charge in [0, 0.05) is 24.4 Å². The Morgan fingerprint density at radius 3 is 2.47 bits per heavy atom. The van der Waals surface area contributed by atoms with Crippen LogP contribution in [0.2, 0.25) is 0 Å². The van der Waals surface area contributed by atoms with Gasteiger partial charge in [0.15, 0.2) is 5.65 Å². The second kappa shape index (κ2) is 8.19. The molecule has 160 valence electrons. The molecule has 5 aromatic rings. The quantitative estimate of drug-likeness (QED) is 0.423. The number of carbonyl (C=O) groups excluding carboxylic acids is 1. The Balaban J connectivity index is 1.47. The fraction of sp³-hybridized carbons (Fsp3) is 0.160. The Morgan fingerprint density at radius 1 is 0.938 bits per heavy atom. The molecule has 1 amide bonds. The fourth-order valence-electron chi connectivity index (χ4n) is 3.95. The third-order valence-electron chi connectivity index (χ3n) is 5.50. The number of benzene rings is 3. The molecular formula is C25H22N4O3. The van der Waals surface area contributed by atoms with Crippen LogP contribution < -0.4 is 14.8 Å². The highest BCUT2D eigenvalue weighted by molar-refractivity contribution is 6.06. The van der Waals surface area contributed by atoms with Crippen molar-refractivity contribution in [3.05, 3.63) is 66.7 Å². The van der Waals surface area contributed by atoms with Crippen molar-refractivity contribution >= 4 is 44.7 Å². The zero-order valence-corrected chi connectivity index (χ0v) is 17.8. The third-order valence-corrected chi connectivity index (χ3v) is 5.50. The number of carbonyl (C=O) groups is 1. The first-order valence-corrected chi connectivity index (χ1v) is 10.3. The van der Waals surface area contributed by atoms with Gasteiger partial charge in [-0.25, -0.2) is 9.97 Å². The molecule has 0 radical (unpaired) electrons. The number of amides is 1. The summed E-state index contributed by atoms with van der Waals surface area (Å²) >= 11 is 0. The van der Waals surface area contributed by atoms with Crippen LogP contribution in [-0.2, 0) is 11.3 Å². The Morgan fingerprint density at radius 2 is 1.69 bits per heavy atom. The maximum Gasteiger partial charge on any atom is 0.226 e. The van der Waals surface area contributed by atoms with E-state index in [4.69, 9.17) is 19.4 Å². The molecule has 3 aromatic carbocycles. The molecule has 2 aromatic heterocycles. The topological polar surface area (TPSA) is 78.3 Å². The van der Waals surface area contributed by atoms with Gasteiger partial charge < -0.3 is 19.4 Å². The number of ether oxygens (including phenoxy) is 2. The molecule has 7 heteroatoms. The number of hydrogen-bond donors (Lipinski definition) is 1. The number of fused-ring (bicyclic) bond motifs is 4. The largest absolute Gasteiger partial charge is 0.497 e. The van der Waals surface area contributed by atoms with Crippen molar-refractivity contribution in [2.45, 2.75) is 13.0 Å². The van der Waals surface area contributed by atoms with Crippen LogP contribution in [-0.4, -0.2) is 34.7 Å². The lowest BCUT2D eigenvalue weighted by atomic mass is 10.2. The summed E-state index contributed by atoms with van der Waals surface area (Å²) < 4.78 is 12.7. The van der Waals surface area contributed by atoms with Gasteiger partial charge in [0.05, 0.1) is 36.5 Å². The Hall–Kier alpha value is -4.13. The van der Waals surface area contributed by atoms with E-state index in [9.17, 15) is 4.79 Å². The number of methoxy groups -OCH3 is 2. The molecule has 7 nitrogen and oxygen atoms in total. The Bertz CT molecular complexity index is 1460. The minimum Gasteiger partial charge on any atom is -0.497 e. The summed E-state index contributed by atoms with van der Waals surface area (Å²) in [7, 11) is 3.15. The molecule has 0 aliphatic rings. The second-order valence-electron chi connectivity index (χ2n) is 7.42. The molecule has 1 N–H and O–H groups in total. The number of nitrogens with one attached hydrogen (secondary N) is 1. The van der Waals surface area contributed by atoms with E-state index in [-0.39, 0.29) is 12.3 Å². The zero-order valence-electron chi connectivity index (χ0n) is 17.8. The first-order valence-electron chi connectivity index (χ1n) is 10.3. The fourth-order valence-corrected chi connectivity index (χ4v) is 3.95. The highest BCUT2D eigenvalue weighted by atomic mass is 16.5. The minimum absolute atomic E-state index is 0.128. The monoisotopic (exact) mass is 426 g/mol. The normalized spacial score (nSPS) is 11.2. The van der Waals surface area contributed by atoms with Crippen molar-refractivity contribution in [3.8, 4) is 11.5 Å². The molecular weight excluding hydrogens is 404 g/mol. The predicted octanol–water partition coefficient (Wildman–Crippen LogP) is 4.78. The van der Waals surface area contributed by atoms with Crippen molar-refractivity contribution < 1.29 is 14.3 Å². The van der Waals surface area contributed by atoms with Gasteiger partial charge in [-0.15, -0.1) is 0 Å². The van der Waals surface area contributed by atoms with Crippen LogP contribution in [0.4, 0.5) is 5.69 Å². The zero-order chi connectivity index (χ0) is 22.1. The van der Waals surface area contributed by atoms with Crippen molar-refractivity contribution in [1.82, 2.24) is 14.5 Å². The van der Waals surface area contributed by atoms with Gasteiger partial charge in [-0.05, 0) is 30.3 Å². The van der Waals surface area contributed by atoms with E-state index < -0.39 is 0 Å². The lowest BCUT2D eigenvalue weighted by Crippen LogP contribution is -2.15. The number of aromatic nitrogens is 3. The molecule has 0 unspecified atom stereocenters. The van der Waals surface area contributed by atoms with Gasteiger partial charge in [-0.1, -0.05) is 30.3 Å². The predicted molar refractivity (Wildman–Crippen MR) is 125 cm³/mol. The van der Waals surface area contributed by atoms with Crippen LogP contribution in [0.5, 0.6) is 11.5 Å². The molecule has 0 fully saturated rings. The van der Waals surface area contributed by atoms with Gasteiger partial charge in [0.1, 0.15) is 17.0 Å². The average Bonchev–Trinajstić information content (AvgIpc) is 3.13. The molecule has 0 atom stereocenters. The lowest BCUT2D eigenvalue weighted by molar-refractivity contribution is -0.116. The molecule has 0 aliphatic heterocycles. The number of hydrogen-bond acceptors (Lipinski definition) is 5. The highest BCUT2D eigenvalue weighted by Crippen LogP contribution is 2.30. The standard InChI is InChI=1S/C25H22N4O3/c1-31-16-11-12-22(32-2)20(15-16)26-23(30)13-14-29-21-10-6-3-7-17(21)24-25(29)28-19-9-5-4-8-18(19)27-24/h3-12,15H,13-14H2,1-2H3,(H,26,30). The summed E-state index contributed by atoms with van der Waals surface area (Å²) in [4.78, 5) is 22.5. The van der Waals surface area contributed by atoms with Crippen LogP contribution in [0.1, 0.15) is 6.42 Å². The number of anilines is 1. The number of aryl methyl sites for hydroxylation is 1. The van der Waals surface area contributed by atoms with Crippen LogP contribution in [0.15, 0.2) is 66.7 Å². The van der Waals surface area contributed by atoms with E-state index in [0.717, 1.165) is 33.1 Å². The van der Waals surface area contributed by atoms with Gasteiger partial charge in [-0.2, -0.15) is 0 Å². The lowest BCUT2D eigenvalue weighted by Gasteiger charge is -2.12. The Labute approximate surface area is 184 Å². The molecule has 0 saturated carbocycles. The summed E-state index contributed by atoms with van der Waals surface area (Å²) in [6, 6.07) is 21.2. The highest BCUT2D eigenvalue weighted by Gasteiger charge is 2.16. The molecule has 0 bridgehead atoms. The molecule has 0 spiro atoms. The first-order chi connectivity index (χ1) is 15.7. The van der Waals surface area contributed by atoms with Crippen molar-refractivity contribution in [1.29, 1.82) is 0 Å². The van der Waals surface area contributed by atoms with E-state index >= 15 is 0 Å². The summed E-state index contributed by atoms with van der Waals surface area (Å²) in [5, 5.41) is 3.95. The molecule has 32 heavy (non-hydrogen) atoms. The molecule has 0 aliphatic carbocycles. The third kappa shape index (κ3) is 3.47.